The number of amides is 1. The van der Waals surface area contributed by atoms with E-state index < -0.39 is 0 Å². The first kappa shape index (κ1) is 19.6. The summed E-state index contributed by atoms with van der Waals surface area (Å²) in [6.45, 7) is 3.80. The van der Waals surface area contributed by atoms with E-state index in [0.29, 0.717) is 16.5 Å². The normalized spacial score (nSPS) is 14.0. The van der Waals surface area contributed by atoms with Gasteiger partial charge < -0.3 is 14.5 Å². The van der Waals surface area contributed by atoms with Gasteiger partial charge in [0, 0.05) is 45.8 Å². The zero-order valence-corrected chi connectivity index (χ0v) is 17.7. The van der Waals surface area contributed by atoms with Gasteiger partial charge in [-0.05, 0) is 62.4 Å². The van der Waals surface area contributed by atoms with Crippen molar-refractivity contribution < 1.29 is 13.9 Å². The standard InChI is InChI=1S/C24H24ClNO3/c1-14(11-24(27)26-20-9-6-8-19(25)15(20)2)17-12-18-16-7-4-5-10-21(16)29-23(18)13-22(17)28-3/h6,8-9,11-13H,4-5,7,10H2,1-3H3,(H,26,27)/b14-11+. The van der Waals surface area contributed by atoms with Crippen LogP contribution in [-0.4, -0.2) is 13.0 Å². The van der Waals surface area contributed by atoms with Crippen molar-refractivity contribution in [3.8, 4) is 5.75 Å². The molecule has 4 nitrogen and oxygen atoms in total. The second kappa shape index (κ2) is 7.96. The molecule has 0 aliphatic heterocycles. The summed E-state index contributed by atoms with van der Waals surface area (Å²) >= 11 is 6.15. The summed E-state index contributed by atoms with van der Waals surface area (Å²) in [5.74, 6) is 1.58. The molecule has 1 aliphatic carbocycles. The molecule has 2 aromatic carbocycles. The number of fused-ring (bicyclic) bond motifs is 3. The molecule has 4 rings (SSSR count). The molecule has 1 N–H and O–H groups in total. The van der Waals surface area contributed by atoms with Crippen LogP contribution in [0.3, 0.4) is 0 Å². The number of hydrogen-bond acceptors (Lipinski definition) is 3. The number of nitrogens with one attached hydrogen (secondary N) is 1. The van der Waals surface area contributed by atoms with Crippen LogP contribution in [0.25, 0.3) is 16.5 Å². The quantitative estimate of drug-likeness (QED) is 0.512. The number of ether oxygens (including phenoxy) is 1. The number of methoxy groups -OCH3 is 1. The van der Waals surface area contributed by atoms with Crippen molar-refractivity contribution in [2.45, 2.75) is 39.5 Å². The molecule has 1 aromatic heterocycles. The van der Waals surface area contributed by atoms with Gasteiger partial charge >= 0.3 is 0 Å². The Morgan fingerprint density at radius 1 is 1.24 bits per heavy atom. The molecule has 1 aliphatic rings. The smallest absolute Gasteiger partial charge is 0.248 e. The van der Waals surface area contributed by atoms with E-state index in [1.165, 1.54) is 18.4 Å². The van der Waals surface area contributed by atoms with Crippen LogP contribution >= 0.6 is 11.6 Å². The lowest BCUT2D eigenvalue weighted by atomic mass is 9.94. The maximum atomic E-state index is 12.6. The van der Waals surface area contributed by atoms with Gasteiger partial charge in [-0.15, -0.1) is 0 Å². The lowest BCUT2D eigenvalue weighted by molar-refractivity contribution is -0.111. The van der Waals surface area contributed by atoms with E-state index in [9.17, 15) is 4.79 Å². The highest BCUT2D eigenvalue weighted by Crippen LogP contribution is 2.38. The number of aryl methyl sites for hydroxylation is 2. The maximum absolute atomic E-state index is 12.6. The molecule has 1 heterocycles. The van der Waals surface area contributed by atoms with Gasteiger partial charge in [-0.2, -0.15) is 0 Å². The van der Waals surface area contributed by atoms with Crippen LogP contribution in [-0.2, 0) is 17.6 Å². The molecule has 0 bridgehead atoms. The van der Waals surface area contributed by atoms with Crippen molar-refractivity contribution in [3.63, 3.8) is 0 Å². The topological polar surface area (TPSA) is 51.5 Å². The molecule has 0 atom stereocenters. The van der Waals surface area contributed by atoms with Gasteiger partial charge in [0.05, 0.1) is 7.11 Å². The first-order chi connectivity index (χ1) is 14.0. The minimum Gasteiger partial charge on any atom is -0.496 e. The molecule has 0 saturated carbocycles. The Balaban J connectivity index is 1.68. The molecule has 1 amide bonds. The molecule has 0 radical (unpaired) electrons. The van der Waals surface area contributed by atoms with E-state index in [4.69, 9.17) is 20.8 Å². The van der Waals surface area contributed by atoms with Gasteiger partial charge in [-0.1, -0.05) is 17.7 Å². The van der Waals surface area contributed by atoms with Crippen molar-refractivity contribution >= 4 is 39.7 Å². The third kappa shape index (κ3) is 3.77. The zero-order chi connectivity index (χ0) is 20.5. The van der Waals surface area contributed by atoms with E-state index in [1.807, 2.05) is 32.0 Å². The van der Waals surface area contributed by atoms with Crippen molar-refractivity contribution in [1.82, 2.24) is 0 Å². The number of halogens is 1. The molecule has 0 saturated heterocycles. The van der Waals surface area contributed by atoms with Gasteiger partial charge in [-0.3, -0.25) is 4.79 Å². The number of anilines is 1. The van der Waals surface area contributed by atoms with E-state index >= 15 is 0 Å². The van der Waals surface area contributed by atoms with Crippen LogP contribution in [0, 0.1) is 6.92 Å². The SMILES string of the molecule is COc1cc2oc3c(c2cc1/C(C)=C/C(=O)Nc1cccc(Cl)c1C)CCCC3. The van der Waals surface area contributed by atoms with Gasteiger partial charge in [0.2, 0.25) is 5.91 Å². The maximum Gasteiger partial charge on any atom is 0.248 e. The van der Waals surface area contributed by atoms with Gasteiger partial charge in [0.25, 0.3) is 0 Å². The van der Waals surface area contributed by atoms with Crippen molar-refractivity contribution in [3.05, 3.63) is 63.9 Å². The Morgan fingerprint density at radius 3 is 2.83 bits per heavy atom. The number of hydrogen-bond donors (Lipinski definition) is 1. The Bertz CT molecular complexity index is 1130. The molecular weight excluding hydrogens is 386 g/mol. The third-order valence-electron chi connectivity index (χ3n) is 5.58. The average Bonchev–Trinajstić information content (AvgIpc) is 3.07. The lowest BCUT2D eigenvalue weighted by Gasteiger charge is -2.12. The lowest BCUT2D eigenvalue weighted by Crippen LogP contribution is -2.10. The fourth-order valence-electron chi connectivity index (χ4n) is 3.95. The minimum absolute atomic E-state index is 0.204. The summed E-state index contributed by atoms with van der Waals surface area (Å²) in [6.07, 6.45) is 5.96. The first-order valence-electron chi connectivity index (χ1n) is 9.85. The third-order valence-corrected chi connectivity index (χ3v) is 5.98. The number of rotatable bonds is 4. The van der Waals surface area contributed by atoms with Crippen molar-refractivity contribution in [2.75, 3.05) is 12.4 Å². The van der Waals surface area contributed by atoms with Crippen molar-refractivity contribution in [1.29, 1.82) is 0 Å². The Labute approximate surface area is 175 Å². The van der Waals surface area contributed by atoms with Crippen LogP contribution in [0.1, 0.15) is 42.2 Å². The van der Waals surface area contributed by atoms with Crippen LogP contribution in [0.4, 0.5) is 5.69 Å². The molecule has 0 spiro atoms. The highest BCUT2D eigenvalue weighted by atomic mass is 35.5. The summed E-state index contributed by atoms with van der Waals surface area (Å²) in [6, 6.07) is 9.48. The largest absolute Gasteiger partial charge is 0.496 e. The fraction of sp³-hybridized carbons (Fsp3) is 0.292. The average molecular weight is 410 g/mol. The summed E-state index contributed by atoms with van der Waals surface area (Å²) < 4.78 is 11.7. The highest BCUT2D eigenvalue weighted by molar-refractivity contribution is 6.31. The molecule has 29 heavy (non-hydrogen) atoms. The Kier molecular flexibility index (Phi) is 5.37. The minimum atomic E-state index is -0.204. The van der Waals surface area contributed by atoms with E-state index in [0.717, 1.165) is 46.3 Å². The number of carbonyl (C=O) groups is 1. The molecule has 0 unspecified atom stereocenters. The van der Waals surface area contributed by atoms with Gasteiger partial charge in [-0.25, -0.2) is 0 Å². The fourth-order valence-corrected chi connectivity index (χ4v) is 4.13. The number of furan rings is 1. The number of carbonyl (C=O) groups excluding carboxylic acids is 1. The predicted molar refractivity (Wildman–Crippen MR) is 118 cm³/mol. The van der Waals surface area contributed by atoms with Crippen LogP contribution in [0.15, 0.2) is 40.8 Å². The second-order valence-corrected chi connectivity index (χ2v) is 7.90. The Hall–Kier alpha value is -2.72. The predicted octanol–water partition coefficient (Wildman–Crippen LogP) is 6.32. The molecule has 150 valence electrons. The van der Waals surface area contributed by atoms with E-state index in [2.05, 4.69) is 11.4 Å². The van der Waals surface area contributed by atoms with Crippen LogP contribution in [0.2, 0.25) is 5.02 Å². The second-order valence-electron chi connectivity index (χ2n) is 7.49. The molecular formula is C24H24ClNO3. The van der Waals surface area contributed by atoms with Crippen molar-refractivity contribution in [2.24, 2.45) is 0 Å². The van der Waals surface area contributed by atoms with Gasteiger partial charge in [0.15, 0.2) is 0 Å². The summed E-state index contributed by atoms with van der Waals surface area (Å²) in [5, 5.41) is 4.66. The zero-order valence-electron chi connectivity index (χ0n) is 16.9. The number of benzene rings is 2. The molecule has 3 aromatic rings. The first-order valence-corrected chi connectivity index (χ1v) is 10.2. The van der Waals surface area contributed by atoms with E-state index in [1.54, 1.807) is 19.3 Å². The summed E-state index contributed by atoms with van der Waals surface area (Å²) in [4.78, 5) is 12.6. The van der Waals surface area contributed by atoms with Crippen LogP contribution < -0.4 is 10.1 Å². The molecule has 5 heteroatoms. The highest BCUT2D eigenvalue weighted by Gasteiger charge is 2.20. The Morgan fingerprint density at radius 2 is 2.03 bits per heavy atom. The summed E-state index contributed by atoms with van der Waals surface area (Å²) in [7, 11) is 1.64. The van der Waals surface area contributed by atoms with Gasteiger partial charge in [0.1, 0.15) is 17.1 Å². The van der Waals surface area contributed by atoms with Crippen LogP contribution in [0.5, 0.6) is 5.75 Å². The monoisotopic (exact) mass is 409 g/mol. The molecule has 0 fully saturated rings. The number of allylic oxidation sites excluding steroid dienone is 1. The summed E-state index contributed by atoms with van der Waals surface area (Å²) in [5.41, 5.74) is 5.42. The van der Waals surface area contributed by atoms with E-state index in [-0.39, 0.29) is 5.91 Å².